The van der Waals surface area contributed by atoms with Crippen molar-refractivity contribution >= 4 is 18.3 Å². The standard InChI is InChI=1S/C11H14F2N2O2.ClH/c1-7(15-11(16)5-14)6-17-10-3-2-8(12)4-9(10)13;/h2-4,7H,5-6,14H2,1H3,(H,15,16);1H. The van der Waals surface area contributed by atoms with Crippen LogP contribution in [0, 0.1) is 11.6 Å². The molecule has 0 radical (unpaired) electrons. The lowest BCUT2D eigenvalue weighted by Gasteiger charge is -2.14. The fourth-order valence-corrected chi connectivity index (χ4v) is 1.18. The van der Waals surface area contributed by atoms with E-state index in [2.05, 4.69) is 5.32 Å². The minimum Gasteiger partial charge on any atom is -0.488 e. The topological polar surface area (TPSA) is 64.3 Å². The number of hydrogen-bond donors (Lipinski definition) is 2. The second-order valence-electron chi connectivity index (χ2n) is 3.56. The maximum atomic E-state index is 13.2. The van der Waals surface area contributed by atoms with E-state index in [4.69, 9.17) is 10.5 Å². The van der Waals surface area contributed by atoms with Crippen molar-refractivity contribution < 1.29 is 18.3 Å². The van der Waals surface area contributed by atoms with Gasteiger partial charge >= 0.3 is 0 Å². The van der Waals surface area contributed by atoms with Crippen LogP contribution in [0.2, 0.25) is 0 Å². The molecule has 0 fully saturated rings. The molecular weight excluding hydrogens is 266 g/mol. The summed E-state index contributed by atoms with van der Waals surface area (Å²) < 4.78 is 30.9. The van der Waals surface area contributed by atoms with Gasteiger partial charge in [0, 0.05) is 6.07 Å². The van der Waals surface area contributed by atoms with Gasteiger partial charge in [-0.1, -0.05) is 0 Å². The zero-order valence-corrected chi connectivity index (χ0v) is 10.6. The fraction of sp³-hybridized carbons (Fsp3) is 0.364. The molecule has 7 heteroatoms. The molecule has 1 unspecified atom stereocenters. The Balaban J connectivity index is 0.00000289. The normalized spacial score (nSPS) is 11.3. The van der Waals surface area contributed by atoms with Crippen LogP contribution >= 0.6 is 12.4 Å². The monoisotopic (exact) mass is 280 g/mol. The lowest BCUT2D eigenvalue weighted by atomic mass is 10.3. The van der Waals surface area contributed by atoms with E-state index in [1.807, 2.05) is 0 Å². The van der Waals surface area contributed by atoms with Gasteiger partial charge in [0.05, 0.1) is 12.6 Å². The molecule has 0 saturated carbocycles. The Morgan fingerprint density at radius 1 is 1.50 bits per heavy atom. The van der Waals surface area contributed by atoms with Crippen LogP contribution in [0.5, 0.6) is 5.75 Å². The molecule has 0 spiro atoms. The van der Waals surface area contributed by atoms with Crippen molar-refractivity contribution in [2.24, 2.45) is 5.73 Å². The molecule has 0 bridgehead atoms. The van der Waals surface area contributed by atoms with Crippen molar-refractivity contribution in [1.82, 2.24) is 5.32 Å². The minimum atomic E-state index is -0.776. The molecular formula is C11H15ClF2N2O2. The summed E-state index contributed by atoms with van der Waals surface area (Å²) in [5, 5.41) is 2.55. The summed E-state index contributed by atoms with van der Waals surface area (Å²) >= 11 is 0. The summed E-state index contributed by atoms with van der Waals surface area (Å²) in [5.74, 6) is -1.82. The number of benzene rings is 1. The summed E-state index contributed by atoms with van der Waals surface area (Å²) in [4.78, 5) is 10.9. The van der Waals surface area contributed by atoms with E-state index in [0.29, 0.717) is 0 Å². The molecule has 0 aromatic heterocycles. The third-order valence-corrected chi connectivity index (χ3v) is 1.98. The average molecular weight is 281 g/mol. The third-order valence-electron chi connectivity index (χ3n) is 1.98. The first-order chi connectivity index (χ1) is 8.02. The molecule has 1 rings (SSSR count). The van der Waals surface area contributed by atoms with Crippen molar-refractivity contribution in [3.05, 3.63) is 29.8 Å². The van der Waals surface area contributed by atoms with Gasteiger partial charge in [-0.15, -0.1) is 12.4 Å². The lowest BCUT2D eigenvalue weighted by molar-refractivity contribution is -0.120. The molecule has 4 nitrogen and oxygen atoms in total. The molecule has 1 aromatic carbocycles. The Morgan fingerprint density at radius 3 is 2.72 bits per heavy atom. The van der Waals surface area contributed by atoms with Crippen molar-refractivity contribution in [3.8, 4) is 5.75 Å². The van der Waals surface area contributed by atoms with E-state index in [0.717, 1.165) is 12.1 Å². The number of amides is 1. The highest BCUT2D eigenvalue weighted by Crippen LogP contribution is 2.17. The maximum Gasteiger partial charge on any atom is 0.234 e. The number of rotatable bonds is 5. The number of ether oxygens (including phenoxy) is 1. The second-order valence-corrected chi connectivity index (χ2v) is 3.56. The summed E-state index contributed by atoms with van der Waals surface area (Å²) in [6.07, 6.45) is 0. The Morgan fingerprint density at radius 2 is 2.17 bits per heavy atom. The number of hydrogen-bond acceptors (Lipinski definition) is 3. The highest BCUT2D eigenvalue weighted by molar-refractivity contribution is 5.85. The summed E-state index contributed by atoms with van der Waals surface area (Å²) in [6.45, 7) is 1.65. The Bertz CT molecular complexity index is 405. The van der Waals surface area contributed by atoms with E-state index >= 15 is 0 Å². The third kappa shape index (κ3) is 5.29. The molecule has 3 N–H and O–H groups in total. The number of carbonyl (C=O) groups is 1. The van der Waals surface area contributed by atoms with Crippen LogP contribution in [0.3, 0.4) is 0 Å². The number of halogens is 3. The lowest BCUT2D eigenvalue weighted by Crippen LogP contribution is -2.40. The van der Waals surface area contributed by atoms with Crippen LogP contribution < -0.4 is 15.8 Å². The molecule has 1 atom stereocenters. The Kier molecular flexibility index (Phi) is 7.23. The summed E-state index contributed by atoms with van der Waals surface area (Å²) in [5.41, 5.74) is 5.11. The summed E-state index contributed by atoms with van der Waals surface area (Å²) in [7, 11) is 0. The average Bonchev–Trinajstić information content (AvgIpc) is 2.27. The number of carbonyl (C=O) groups excluding carboxylic acids is 1. The van der Waals surface area contributed by atoms with Crippen LogP contribution in [0.15, 0.2) is 18.2 Å². The van der Waals surface area contributed by atoms with Crippen LogP contribution in [-0.2, 0) is 4.79 Å². The van der Waals surface area contributed by atoms with Crippen LogP contribution in [0.25, 0.3) is 0 Å². The van der Waals surface area contributed by atoms with Crippen molar-refractivity contribution in [3.63, 3.8) is 0 Å². The quantitative estimate of drug-likeness (QED) is 0.853. The van der Waals surface area contributed by atoms with E-state index in [9.17, 15) is 13.6 Å². The molecule has 0 aliphatic carbocycles. The highest BCUT2D eigenvalue weighted by Gasteiger charge is 2.09. The molecule has 0 aliphatic heterocycles. The largest absolute Gasteiger partial charge is 0.488 e. The Labute approximate surface area is 110 Å². The van der Waals surface area contributed by atoms with Gasteiger partial charge < -0.3 is 15.8 Å². The van der Waals surface area contributed by atoms with Gasteiger partial charge in [-0.3, -0.25) is 4.79 Å². The van der Waals surface area contributed by atoms with Crippen molar-refractivity contribution in [2.45, 2.75) is 13.0 Å². The minimum absolute atomic E-state index is 0. The first-order valence-electron chi connectivity index (χ1n) is 5.10. The molecule has 0 aliphatic rings. The number of nitrogens with two attached hydrogens (primary N) is 1. The smallest absolute Gasteiger partial charge is 0.234 e. The van der Waals surface area contributed by atoms with E-state index in [1.54, 1.807) is 6.92 Å². The van der Waals surface area contributed by atoms with E-state index in [-0.39, 0.29) is 43.3 Å². The van der Waals surface area contributed by atoms with Crippen LogP contribution in [-0.4, -0.2) is 25.1 Å². The van der Waals surface area contributed by atoms with Crippen LogP contribution in [0.1, 0.15) is 6.92 Å². The molecule has 1 aromatic rings. The SMILES string of the molecule is CC(COc1ccc(F)cc1F)NC(=O)CN.Cl. The number of nitrogens with one attached hydrogen (secondary N) is 1. The zero-order valence-electron chi connectivity index (χ0n) is 9.78. The van der Waals surface area contributed by atoms with Crippen molar-refractivity contribution in [1.29, 1.82) is 0 Å². The molecule has 0 heterocycles. The predicted octanol–water partition coefficient (Wildman–Crippen LogP) is 1.23. The van der Waals surface area contributed by atoms with Gasteiger partial charge in [-0.2, -0.15) is 0 Å². The van der Waals surface area contributed by atoms with Gasteiger partial charge in [0.15, 0.2) is 11.6 Å². The maximum absolute atomic E-state index is 13.2. The second kappa shape index (κ2) is 7.84. The zero-order chi connectivity index (χ0) is 12.8. The first-order valence-corrected chi connectivity index (χ1v) is 5.10. The van der Waals surface area contributed by atoms with Gasteiger partial charge in [0.2, 0.25) is 5.91 Å². The predicted molar refractivity (Wildman–Crippen MR) is 65.8 cm³/mol. The van der Waals surface area contributed by atoms with Gasteiger partial charge in [-0.05, 0) is 19.1 Å². The van der Waals surface area contributed by atoms with Gasteiger partial charge in [0.1, 0.15) is 12.4 Å². The molecule has 1 amide bonds. The fourth-order valence-electron chi connectivity index (χ4n) is 1.18. The highest BCUT2D eigenvalue weighted by atomic mass is 35.5. The van der Waals surface area contributed by atoms with Crippen LogP contribution in [0.4, 0.5) is 8.78 Å². The van der Waals surface area contributed by atoms with E-state index < -0.39 is 11.6 Å². The molecule has 0 saturated heterocycles. The van der Waals surface area contributed by atoms with Crippen molar-refractivity contribution in [2.75, 3.05) is 13.2 Å². The Hall–Kier alpha value is -1.40. The first kappa shape index (κ1) is 16.6. The van der Waals surface area contributed by atoms with E-state index in [1.165, 1.54) is 6.07 Å². The summed E-state index contributed by atoms with van der Waals surface area (Å²) in [6, 6.07) is 2.72. The molecule has 102 valence electrons. The molecule has 18 heavy (non-hydrogen) atoms. The van der Waals surface area contributed by atoms with Gasteiger partial charge in [-0.25, -0.2) is 8.78 Å². The van der Waals surface area contributed by atoms with Gasteiger partial charge in [0.25, 0.3) is 0 Å².